The van der Waals surface area contributed by atoms with E-state index in [2.05, 4.69) is 10.6 Å². The van der Waals surface area contributed by atoms with Crippen LogP contribution in [0.25, 0.3) is 0 Å². The number of hydrogen-bond acceptors (Lipinski definition) is 2. The van der Waals surface area contributed by atoms with Crippen molar-refractivity contribution in [3.05, 3.63) is 60.2 Å². The summed E-state index contributed by atoms with van der Waals surface area (Å²) in [7, 11) is 0. The summed E-state index contributed by atoms with van der Waals surface area (Å²) >= 11 is 0. The molecule has 6 heteroatoms. The fraction of sp³-hybridized carbons (Fsp3) is 0.278. The van der Waals surface area contributed by atoms with Crippen molar-refractivity contribution in [2.45, 2.75) is 6.42 Å². The normalized spacial score (nSPS) is 16.9. The second-order valence-corrected chi connectivity index (χ2v) is 5.90. The first-order valence-corrected chi connectivity index (χ1v) is 7.92. The Hall–Kier alpha value is -2.63. The Morgan fingerprint density at radius 3 is 2.67 bits per heavy atom. The number of nitrogens with zero attached hydrogens (tertiary/aromatic N) is 1. The quantitative estimate of drug-likeness (QED) is 0.899. The van der Waals surface area contributed by atoms with Crippen LogP contribution in [0.3, 0.4) is 0 Å². The highest BCUT2D eigenvalue weighted by atomic mass is 19.2. The highest BCUT2D eigenvalue weighted by molar-refractivity contribution is 5.89. The zero-order valence-electron chi connectivity index (χ0n) is 13.1. The van der Waals surface area contributed by atoms with Gasteiger partial charge in [-0.25, -0.2) is 13.6 Å². The molecule has 1 fully saturated rings. The van der Waals surface area contributed by atoms with Gasteiger partial charge >= 0.3 is 6.03 Å². The van der Waals surface area contributed by atoms with Crippen molar-refractivity contribution in [2.75, 3.05) is 29.9 Å². The van der Waals surface area contributed by atoms with Gasteiger partial charge in [0.15, 0.2) is 11.6 Å². The van der Waals surface area contributed by atoms with Crippen LogP contribution in [-0.2, 0) is 0 Å². The Morgan fingerprint density at radius 1 is 1.12 bits per heavy atom. The smallest absolute Gasteiger partial charge is 0.319 e. The topological polar surface area (TPSA) is 44.4 Å². The summed E-state index contributed by atoms with van der Waals surface area (Å²) in [6, 6.07) is 12.9. The van der Waals surface area contributed by atoms with Crippen LogP contribution in [0, 0.1) is 17.6 Å². The molecule has 1 heterocycles. The van der Waals surface area contributed by atoms with Gasteiger partial charge in [0.25, 0.3) is 0 Å². The summed E-state index contributed by atoms with van der Waals surface area (Å²) in [5.74, 6) is -1.40. The van der Waals surface area contributed by atoms with E-state index >= 15 is 0 Å². The Labute approximate surface area is 139 Å². The molecule has 0 aromatic heterocycles. The third-order valence-corrected chi connectivity index (χ3v) is 4.14. The van der Waals surface area contributed by atoms with Crippen molar-refractivity contribution >= 4 is 17.4 Å². The highest BCUT2D eigenvalue weighted by Gasteiger charge is 2.23. The Bertz CT molecular complexity index is 709. The molecule has 0 saturated carbocycles. The molecule has 2 aromatic rings. The Morgan fingerprint density at radius 2 is 1.92 bits per heavy atom. The standard InChI is InChI=1S/C18H19F2N3O/c19-16-7-6-15(10-17(16)20)23-9-8-13(12-23)11-21-18(24)22-14-4-2-1-3-5-14/h1-7,10,13H,8-9,11-12H2,(H2,21,22,24)/t13-/m0/s1. The number of amides is 2. The minimum Gasteiger partial charge on any atom is -0.371 e. The number of carbonyl (C=O) groups excluding carboxylic acids is 1. The highest BCUT2D eigenvalue weighted by Crippen LogP contribution is 2.25. The van der Waals surface area contributed by atoms with Gasteiger partial charge in [0, 0.05) is 37.1 Å². The lowest BCUT2D eigenvalue weighted by molar-refractivity contribution is 0.250. The lowest BCUT2D eigenvalue weighted by atomic mass is 10.1. The first kappa shape index (κ1) is 16.2. The molecule has 1 atom stereocenters. The van der Waals surface area contributed by atoms with E-state index in [-0.39, 0.29) is 11.9 Å². The van der Waals surface area contributed by atoms with Gasteiger partial charge in [0.05, 0.1) is 0 Å². The SMILES string of the molecule is O=C(NC[C@@H]1CCN(c2ccc(F)c(F)c2)C1)Nc1ccccc1. The molecule has 1 saturated heterocycles. The third-order valence-electron chi connectivity index (χ3n) is 4.14. The van der Waals surface area contributed by atoms with Crippen LogP contribution in [0.4, 0.5) is 25.0 Å². The fourth-order valence-corrected chi connectivity index (χ4v) is 2.85. The van der Waals surface area contributed by atoms with Crippen LogP contribution in [0.15, 0.2) is 48.5 Å². The van der Waals surface area contributed by atoms with Crippen LogP contribution in [-0.4, -0.2) is 25.7 Å². The molecule has 3 rings (SSSR count). The zero-order chi connectivity index (χ0) is 16.9. The lowest BCUT2D eigenvalue weighted by Crippen LogP contribution is -2.34. The molecule has 4 nitrogen and oxygen atoms in total. The van der Waals surface area contributed by atoms with Crippen molar-refractivity contribution in [1.29, 1.82) is 0 Å². The van der Waals surface area contributed by atoms with Crippen molar-refractivity contribution in [3.63, 3.8) is 0 Å². The molecule has 0 bridgehead atoms. The van der Waals surface area contributed by atoms with Crippen molar-refractivity contribution in [1.82, 2.24) is 5.32 Å². The summed E-state index contributed by atoms with van der Waals surface area (Å²) < 4.78 is 26.3. The second-order valence-electron chi connectivity index (χ2n) is 5.90. The number of para-hydroxylation sites is 1. The van der Waals surface area contributed by atoms with Crippen molar-refractivity contribution in [2.24, 2.45) is 5.92 Å². The van der Waals surface area contributed by atoms with Crippen LogP contribution in [0.1, 0.15) is 6.42 Å². The van der Waals surface area contributed by atoms with E-state index in [0.29, 0.717) is 18.8 Å². The average Bonchev–Trinajstić information content (AvgIpc) is 3.05. The monoisotopic (exact) mass is 331 g/mol. The summed E-state index contributed by atoms with van der Waals surface area (Å²) in [6.07, 6.45) is 0.893. The Balaban J connectivity index is 1.47. The molecular weight excluding hydrogens is 312 g/mol. The first-order chi connectivity index (χ1) is 11.6. The number of rotatable bonds is 4. The summed E-state index contributed by atoms with van der Waals surface area (Å²) in [6.45, 7) is 2.01. The number of urea groups is 1. The third kappa shape index (κ3) is 4.01. The molecule has 24 heavy (non-hydrogen) atoms. The van der Waals surface area contributed by atoms with Crippen molar-refractivity contribution in [3.8, 4) is 0 Å². The maximum absolute atomic E-state index is 13.3. The van der Waals surface area contributed by atoms with Gasteiger partial charge in [0.2, 0.25) is 0 Å². The van der Waals surface area contributed by atoms with Gasteiger partial charge in [-0.3, -0.25) is 0 Å². The molecule has 2 aromatic carbocycles. The molecule has 1 aliphatic heterocycles. The molecule has 0 radical (unpaired) electrons. The molecule has 0 unspecified atom stereocenters. The largest absolute Gasteiger partial charge is 0.371 e. The molecule has 2 N–H and O–H groups in total. The molecule has 0 spiro atoms. The summed E-state index contributed by atoms with van der Waals surface area (Å²) in [5.41, 5.74) is 1.41. The number of halogens is 2. The maximum atomic E-state index is 13.3. The van der Waals surface area contributed by atoms with E-state index in [4.69, 9.17) is 0 Å². The number of hydrogen-bond donors (Lipinski definition) is 2. The van der Waals surface area contributed by atoms with Crippen LogP contribution >= 0.6 is 0 Å². The van der Waals surface area contributed by atoms with Gasteiger partial charge in [-0.2, -0.15) is 0 Å². The minimum absolute atomic E-state index is 0.243. The van der Waals surface area contributed by atoms with E-state index in [1.165, 1.54) is 6.07 Å². The molecule has 126 valence electrons. The number of benzene rings is 2. The van der Waals surface area contributed by atoms with E-state index in [1.807, 2.05) is 35.2 Å². The fourth-order valence-electron chi connectivity index (χ4n) is 2.85. The van der Waals surface area contributed by atoms with E-state index in [9.17, 15) is 13.6 Å². The molecule has 0 aliphatic carbocycles. The van der Waals surface area contributed by atoms with Gasteiger partial charge in [-0.1, -0.05) is 18.2 Å². The van der Waals surface area contributed by atoms with Gasteiger partial charge in [0.1, 0.15) is 0 Å². The molecular formula is C18H19F2N3O. The van der Waals surface area contributed by atoms with E-state index < -0.39 is 11.6 Å². The van der Waals surface area contributed by atoms with Crippen molar-refractivity contribution < 1.29 is 13.6 Å². The molecule has 2 amide bonds. The predicted molar refractivity (Wildman–Crippen MR) is 90.1 cm³/mol. The average molecular weight is 331 g/mol. The van der Waals surface area contributed by atoms with Gasteiger partial charge < -0.3 is 15.5 Å². The number of carbonyl (C=O) groups is 1. The summed E-state index contributed by atoms with van der Waals surface area (Å²) in [5, 5.41) is 5.62. The predicted octanol–water partition coefficient (Wildman–Crippen LogP) is 3.61. The number of nitrogens with one attached hydrogen (secondary N) is 2. The van der Waals surface area contributed by atoms with Crippen LogP contribution in [0.2, 0.25) is 0 Å². The summed E-state index contributed by atoms with van der Waals surface area (Å²) in [4.78, 5) is 13.9. The van der Waals surface area contributed by atoms with Crippen LogP contribution < -0.4 is 15.5 Å². The minimum atomic E-state index is -0.839. The maximum Gasteiger partial charge on any atom is 0.319 e. The number of anilines is 2. The van der Waals surface area contributed by atoms with Gasteiger partial charge in [-0.05, 0) is 36.6 Å². The van der Waals surface area contributed by atoms with Crippen LogP contribution in [0.5, 0.6) is 0 Å². The Kier molecular flexibility index (Phi) is 4.93. The lowest BCUT2D eigenvalue weighted by Gasteiger charge is -2.19. The van der Waals surface area contributed by atoms with E-state index in [1.54, 1.807) is 6.07 Å². The zero-order valence-corrected chi connectivity index (χ0v) is 13.1. The van der Waals surface area contributed by atoms with Gasteiger partial charge in [-0.15, -0.1) is 0 Å². The van der Waals surface area contributed by atoms with E-state index in [0.717, 1.165) is 24.7 Å². The molecule has 1 aliphatic rings. The second kappa shape index (κ2) is 7.29. The first-order valence-electron chi connectivity index (χ1n) is 7.92.